The number of aryl methyl sites for hydroxylation is 2. The van der Waals surface area contributed by atoms with Gasteiger partial charge in [-0.25, -0.2) is 0 Å². The van der Waals surface area contributed by atoms with E-state index in [1.54, 1.807) is 7.11 Å². The van der Waals surface area contributed by atoms with Crippen LogP contribution in [0.4, 0.5) is 5.69 Å². The number of benzene rings is 2. The van der Waals surface area contributed by atoms with Crippen molar-refractivity contribution in [3.8, 4) is 5.75 Å². The second kappa shape index (κ2) is 10.3. The highest BCUT2D eigenvalue weighted by molar-refractivity contribution is 5.92. The SMILES string of the molecule is COc1cccc(CNC(=O)C2CCN(CC(=O)Nc3ccc(C)c(C)c3)CC2)c1. The zero-order valence-corrected chi connectivity index (χ0v) is 18.0. The Morgan fingerprint density at radius 2 is 1.83 bits per heavy atom. The van der Waals surface area contributed by atoms with E-state index < -0.39 is 0 Å². The molecule has 2 N–H and O–H groups in total. The molecule has 3 rings (SSSR count). The van der Waals surface area contributed by atoms with Crippen LogP contribution in [0.5, 0.6) is 5.75 Å². The number of carbonyl (C=O) groups excluding carboxylic acids is 2. The van der Waals surface area contributed by atoms with Gasteiger partial charge in [-0.15, -0.1) is 0 Å². The maximum absolute atomic E-state index is 12.5. The number of ether oxygens (including phenoxy) is 1. The molecule has 2 amide bonds. The van der Waals surface area contributed by atoms with Crippen LogP contribution in [0.1, 0.15) is 29.5 Å². The highest BCUT2D eigenvalue weighted by atomic mass is 16.5. The first-order valence-corrected chi connectivity index (χ1v) is 10.4. The Balaban J connectivity index is 1.40. The minimum Gasteiger partial charge on any atom is -0.497 e. The Bertz CT molecular complexity index is 889. The van der Waals surface area contributed by atoms with Gasteiger partial charge in [0.2, 0.25) is 11.8 Å². The number of piperidine rings is 1. The quantitative estimate of drug-likeness (QED) is 0.736. The van der Waals surface area contributed by atoms with Crippen molar-refractivity contribution in [2.24, 2.45) is 5.92 Å². The number of carbonyl (C=O) groups is 2. The number of hydrogen-bond acceptors (Lipinski definition) is 4. The van der Waals surface area contributed by atoms with Gasteiger partial charge in [-0.2, -0.15) is 0 Å². The fraction of sp³-hybridized carbons (Fsp3) is 0.417. The van der Waals surface area contributed by atoms with Crippen LogP contribution < -0.4 is 15.4 Å². The van der Waals surface area contributed by atoms with Gasteiger partial charge >= 0.3 is 0 Å². The maximum atomic E-state index is 12.5. The normalized spacial score (nSPS) is 14.9. The van der Waals surface area contributed by atoms with Crippen molar-refractivity contribution in [1.82, 2.24) is 10.2 Å². The Kier molecular flexibility index (Phi) is 7.46. The summed E-state index contributed by atoms with van der Waals surface area (Å²) >= 11 is 0. The summed E-state index contributed by atoms with van der Waals surface area (Å²) in [6.45, 7) is 6.43. The first kappa shape index (κ1) is 21.8. The average molecular weight is 410 g/mol. The molecule has 0 spiro atoms. The largest absolute Gasteiger partial charge is 0.497 e. The van der Waals surface area contributed by atoms with Crippen molar-refractivity contribution in [3.63, 3.8) is 0 Å². The number of methoxy groups -OCH3 is 1. The van der Waals surface area contributed by atoms with Gasteiger partial charge in [0.25, 0.3) is 0 Å². The molecule has 160 valence electrons. The predicted octanol–water partition coefficient (Wildman–Crippen LogP) is 3.28. The summed E-state index contributed by atoms with van der Waals surface area (Å²) in [7, 11) is 1.63. The summed E-state index contributed by atoms with van der Waals surface area (Å²) in [4.78, 5) is 27.0. The lowest BCUT2D eigenvalue weighted by Crippen LogP contribution is -2.43. The molecule has 0 bridgehead atoms. The van der Waals surface area contributed by atoms with Crippen LogP contribution in [0.25, 0.3) is 0 Å². The van der Waals surface area contributed by atoms with Crippen LogP contribution in [-0.4, -0.2) is 43.5 Å². The first-order valence-electron chi connectivity index (χ1n) is 10.4. The molecule has 0 aliphatic carbocycles. The van der Waals surface area contributed by atoms with Crippen LogP contribution in [-0.2, 0) is 16.1 Å². The summed E-state index contributed by atoms with van der Waals surface area (Å²) in [5.74, 6) is 0.847. The van der Waals surface area contributed by atoms with Crippen molar-refractivity contribution in [2.75, 3.05) is 32.1 Å². The van der Waals surface area contributed by atoms with E-state index in [1.807, 2.05) is 49.4 Å². The zero-order chi connectivity index (χ0) is 21.5. The fourth-order valence-corrected chi connectivity index (χ4v) is 3.69. The van der Waals surface area contributed by atoms with Gasteiger partial charge in [0.1, 0.15) is 5.75 Å². The van der Waals surface area contributed by atoms with Gasteiger partial charge in [-0.1, -0.05) is 18.2 Å². The van der Waals surface area contributed by atoms with Gasteiger partial charge in [0, 0.05) is 18.2 Å². The minimum absolute atomic E-state index is 0.00494. The van der Waals surface area contributed by atoms with Crippen molar-refractivity contribution in [2.45, 2.75) is 33.2 Å². The van der Waals surface area contributed by atoms with Crippen LogP contribution in [0.2, 0.25) is 0 Å². The standard InChI is InChI=1S/C24H31N3O3/c1-17-7-8-21(13-18(17)2)26-23(28)16-27-11-9-20(10-12-27)24(29)25-15-19-5-4-6-22(14-19)30-3/h4-8,13-14,20H,9-12,15-16H2,1-3H3,(H,25,29)(H,26,28). The van der Waals surface area contributed by atoms with E-state index in [-0.39, 0.29) is 17.7 Å². The van der Waals surface area contributed by atoms with Gasteiger partial charge in [-0.3, -0.25) is 14.5 Å². The second-order valence-corrected chi connectivity index (χ2v) is 7.97. The molecule has 0 saturated carbocycles. The third-order valence-electron chi connectivity index (χ3n) is 5.72. The van der Waals surface area contributed by atoms with Crippen molar-refractivity contribution >= 4 is 17.5 Å². The lowest BCUT2D eigenvalue weighted by atomic mass is 9.96. The fourth-order valence-electron chi connectivity index (χ4n) is 3.69. The van der Waals surface area contributed by atoms with Crippen molar-refractivity contribution in [1.29, 1.82) is 0 Å². The molecule has 1 fully saturated rings. The lowest BCUT2D eigenvalue weighted by molar-refractivity contribution is -0.126. The zero-order valence-electron chi connectivity index (χ0n) is 18.0. The Labute approximate surface area is 178 Å². The van der Waals surface area contributed by atoms with E-state index in [0.717, 1.165) is 48.5 Å². The summed E-state index contributed by atoms with van der Waals surface area (Å²) in [5, 5.41) is 5.99. The minimum atomic E-state index is -0.0146. The summed E-state index contributed by atoms with van der Waals surface area (Å²) in [6, 6.07) is 13.6. The van der Waals surface area contributed by atoms with Crippen LogP contribution in [0, 0.1) is 19.8 Å². The van der Waals surface area contributed by atoms with E-state index in [2.05, 4.69) is 22.5 Å². The monoisotopic (exact) mass is 409 g/mol. The number of nitrogens with one attached hydrogen (secondary N) is 2. The molecule has 6 nitrogen and oxygen atoms in total. The highest BCUT2D eigenvalue weighted by Crippen LogP contribution is 2.19. The molecule has 1 heterocycles. The van der Waals surface area contributed by atoms with Crippen molar-refractivity contribution in [3.05, 3.63) is 59.2 Å². The molecule has 0 unspecified atom stereocenters. The molecule has 0 atom stereocenters. The predicted molar refractivity (Wildman–Crippen MR) is 119 cm³/mol. The molecule has 1 aliphatic rings. The molecular formula is C24H31N3O3. The average Bonchev–Trinajstić information content (AvgIpc) is 2.75. The van der Waals surface area contributed by atoms with Crippen LogP contribution >= 0.6 is 0 Å². The van der Waals surface area contributed by atoms with E-state index in [4.69, 9.17) is 4.74 Å². The second-order valence-electron chi connectivity index (χ2n) is 7.97. The molecule has 2 aromatic carbocycles. The van der Waals surface area contributed by atoms with Gasteiger partial charge in [-0.05, 0) is 80.7 Å². The number of nitrogens with zero attached hydrogens (tertiary/aromatic N) is 1. The lowest BCUT2D eigenvalue weighted by Gasteiger charge is -2.30. The number of rotatable bonds is 7. The van der Waals surface area contributed by atoms with E-state index in [1.165, 1.54) is 5.56 Å². The number of amides is 2. The van der Waals surface area contributed by atoms with Gasteiger partial charge in [0.05, 0.1) is 13.7 Å². The molecule has 2 aromatic rings. The smallest absolute Gasteiger partial charge is 0.238 e. The molecule has 0 aromatic heterocycles. The number of likely N-dealkylation sites (tertiary alicyclic amines) is 1. The Morgan fingerprint density at radius 3 is 2.53 bits per heavy atom. The third kappa shape index (κ3) is 6.07. The molecule has 6 heteroatoms. The number of hydrogen-bond donors (Lipinski definition) is 2. The van der Waals surface area contributed by atoms with Crippen molar-refractivity contribution < 1.29 is 14.3 Å². The van der Waals surface area contributed by atoms with Crippen LogP contribution in [0.3, 0.4) is 0 Å². The maximum Gasteiger partial charge on any atom is 0.238 e. The molecular weight excluding hydrogens is 378 g/mol. The van der Waals surface area contributed by atoms with E-state index >= 15 is 0 Å². The van der Waals surface area contributed by atoms with Crippen LogP contribution in [0.15, 0.2) is 42.5 Å². The van der Waals surface area contributed by atoms with E-state index in [0.29, 0.717) is 13.1 Å². The Hall–Kier alpha value is -2.86. The molecule has 0 radical (unpaired) electrons. The number of anilines is 1. The highest BCUT2D eigenvalue weighted by Gasteiger charge is 2.25. The van der Waals surface area contributed by atoms with Gasteiger partial charge in [0.15, 0.2) is 0 Å². The van der Waals surface area contributed by atoms with E-state index in [9.17, 15) is 9.59 Å². The summed E-state index contributed by atoms with van der Waals surface area (Å²) in [6.07, 6.45) is 1.53. The topological polar surface area (TPSA) is 70.7 Å². The Morgan fingerprint density at radius 1 is 1.07 bits per heavy atom. The summed E-state index contributed by atoms with van der Waals surface area (Å²) in [5.41, 5.74) is 4.21. The third-order valence-corrected chi connectivity index (χ3v) is 5.72. The first-order chi connectivity index (χ1) is 14.4. The summed E-state index contributed by atoms with van der Waals surface area (Å²) < 4.78 is 5.22. The molecule has 1 aliphatic heterocycles. The van der Waals surface area contributed by atoms with Gasteiger partial charge < -0.3 is 15.4 Å². The molecule has 30 heavy (non-hydrogen) atoms. The molecule has 1 saturated heterocycles.